The van der Waals surface area contributed by atoms with Crippen LogP contribution in [0, 0.1) is 11.8 Å². The first-order valence-corrected chi connectivity index (χ1v) is 9.50. The molecule has 23 heavy (non-hydrogen) atoms. The largest absolute Gasteiger partial charge is 0.357 e. The summed E-state index contributed by atoms with van der Waals surface area (Å²) >= 11 is 0. The summed E-state index contributed by atoms with van der Waals surface area (Å²) in [4.78, 5) is 6.72. The highest BCUT2D eigenvalue weighted by Gasteiger charge is 2.55. The van der Waals surface area contributed by atoms with E-state index in [1.165, 1.54) is 56.1 Å². The van der Waals surface area contributed by atoms with Crippen molar-refractivity contribution in [2.24, 2.45) is 11.8 Å². The van der Waals surface area contributed by atoms with Crippen molar-refractivity contribution in [1.82, 2.24) is 15.2 Å². The third-order valence-electron chi connectivity index (χ3n) is 7.26. The Morgan fingerprint density at radius 1 is 1.04 bits per heavy atom. The van der Waals surface area contributed by atoms with Gasteiger partial charge in [0.25, 0.3) is 0 Å². The van der Waals surface area contributed by atoms with Gasteiger partial charge in [-0.15, -0.1) is 0 Å². The number of aromatic nitrogens is 1. The zero-order valence-electron chi connectivity index (χ0n) is 13.6. The molecule has 2 N–H and O–H groups in total. The number of hydrogen-bond acceptors (Lipinski definition) is 2. The van der Waals surface area contributed by atoms with Gasteiger partial charge in [-0.25, -0.2) is 0 Å². The van der Waals surface area contributed by atoms with Gasteiger partial charge in [0.2, 0.25) is 0 Å². The van der Waals surface area contributed by atoms with Crippen LogP contribution in [0.4, 0.5) is 0 Å². The lowest BCUT2D eigenvalue weighted by atomic mass is 9.61. The zero-order chi connectivity index (χ0) is 15.0. The number of H-pyrrole nitrogens is 1. The highest BCUT2D eigenvalue weighted by Crippen LogP contribution is 2.54. The normalized spacial score (nSPS) is 39.0. The topological polar surface area (TPSA) is 31.1 Å². The summed E-state index contributed by atoms with van der Waals surface area (Å²) in [6.07, 6.45) is 6.89. The summed E-state index contributed by atoms with van der Waals surface area (Å²) in [6.45, 7) is 2.50. The Balaban J connectivity index is 1.50. The van der Waals surface area contributed by atoms with Crippen molar-refractivity contribution in [3.8, 4) is 0 Å². The van der Waals surface area contributed by atoms with Crippen LogP contribution in [0.3, 0.4) is 0 Å². The summed E-state index contributed by atoms with van der Waals surface area (Å²) < 4.78 is 0. The Morgan fingerprint density at radius 3 is 3.00 bits per heavy atom. The highest BCUT2D eigenvalue weighted by atomic mass is 15.3. The Hall–Kier alpha value is -1.32. The van der Waals surface area contributed by atoms with E-state index in [0.717, 1.165) is 23.9 Å². The number of benzene rings is 1. The molecule has 120 valence electrons. The second kappa shape index (κ2) is 4.61. The summed E-state index contributed by atoms with van der Waals surface area (Å²) in [5.41, 5.74) is 4.51. The number of aromatic amines is 1. The molecule has 0 spiro atoms. The number of rotatable bonds is 0. The molecular weight excluding hydrogens is 282 g/mol. The Morgan fingerprint density at radius 2 is 2.00 bits per heavy atom. The van der Waals surface area contributed by atoms with E-state index in [2.05, 4.69) is 39.5 Å². The fourth-order valence-electron chi connectivity index (χ4n) is 6.48. The average Bonchev–Trinajstić information content (AvgIpc) is 3.01. The van der Waals surface area contributed by atoms with Crippen molar-refractivity contribution < 1.29 is 0 Å². The molecule has 0 amide bonds. The van der Waals surface area contributed by atoms with Crippen LogP contribution in [0.25, 0.3) is 10.9 Å². The number of para-hydroxylation sites is 1. The first kappa shape index (κ1) is 13.0. The molecule has 5 aliphatic rings. The molecule has 3 saturated heterocycles. The van der Waals surface area contributed by atoms with E-state index in [9.17, 15) is 0 Å². The molecule has 0 radical (unpaired) electrons. The van der Waals surface area contributed by atoms with Crippen LogP contribution < -0.4 is 5.32 Å². The van der Waals surface area contributed by atoms with Crippen molar-refractivity contribution in [3.63, 3.8) is 0 Å². The molecule has 2 bridgehead atoms. The Labute approximate surface area is 137 Å². The molecule has 4 aliphatic heterocycles. The lowest BCUT2D eigenvalue weighted by molar-refractivity contribution is -0.0920. The number of piperidine rings is 3. The van der Waals surface area contributed by atoms with E-state index >= 15 is 0 Å². The van der Waals surface area contributed by atoms with Gasteiger partial charge >= 0.3 is 0 Å². The van der Waals surface area contributed by atoms with Gasteiger partial charge in [-0.2, -0.15) is 0 Å². The van der Waals surface area contributed by atoms with E-state index in [4.69, 9.17) is 0 Å². The molecule has 5 heterocycles. The van der Waals surface area contributed by atoms with Gasteiger partial charge in [0.15, 0.2) is 0 Å². The van der Waals surface area contributed by atoms with Crippen molar-refractivity contribution >= 4 is 10.9 Å². The molecule has 4 fully saturated rings. The lowest BCUT2D eigenvalue weighted by Gasteiger charge is -2.61. The van der Waals surface area contributed by atoms with Crippen molar-refractivity contribution in [1.29, 1.82) is 0 Å². The predicted octanol–water partition coefficient (Wildman–Crippen LogP) is 3.23. The second-order valence-electron chi connectivity index (χ2n) is 8.09. The second-order valence-corrected chi connectivity index (χ2v) is 8.09. The first-order valence-electron chi connectivity index (χ1n) is 9.50. The molecule has 3 heteroatoms. The van der Waals surface area contributed by atoms with Gasteiger partial charge < -0.3 is 10.3 Å². The standard InChI is InChI=1S/C20H25N3/c1-2-6-16-12(4-1)13-9-11-23-17-8-7-15(20(23)19(13)22-16)18-14(17)5-3-10-21-18/h1-2,4,6,14-15,17-18,20-22H,3,5,7-11H2/t14-,15-,17-,18-,20-/m1/s1. The van der Waals surface area contributed by atoms with Crippen LogP contribution in [-0.2, 0) is 6.42 Å². The van der Waals surface area contributed by atoms with E-state index in [1.54, 1.807) is 11.3 Å². The molecule has 1 saturated carbocycles. The molecule has 1 aliphatic carbocycles. The summed E-state index contributed by atoms with van der Waals surface area (Å²) in [7, 11) is 0. The molecule has 1 aromatic carbocycles. The quantitative estimate of drug-likeness (QED) is 0.783. The van der Waals surface area contributed by atoms with Crippen LogP contribution >= 0.6 is 0 Å². The maximum absolute atomic E-state index is 3.91. The Kier molecular flexibility index (Phi) is 2.61. The van der Waals surface area contributed by atoms with Gasteiger partial charge in [0.05, 0.1) is 6.04 Å². The van der Waals surface area contributed by atoms with E-state index in [-0.39, 0.29) is 0 Å². The number of fused-ring (bicyclic) bond motifs is 4. The Bertz CT molecular complexity index is 763. The van der Waals surface area contributed by atoms with Gasteiger partial charge in [0, 0.05) is 35.2 Å². The fraction of sp³-hybridized carbons (Fsp3) is 0.600. The van der Waals surface area contributed by atoms with Crippen LogP contribution in [0.5, 0.6) is 0 Å². The van der Waals surface area contributed by atoms with Crippen molar-refractivity contribution in [3.05, 3.63) is 35.5 Å². The predicted molar refractivity (Wildman–Crippen MR) is 92.5 cm³/mol. The average molecular weight is 307 g/mol. The minimum absolute atomic E-state index is 0.636. The first-order chi connectivity index (χ1) is 11.4. The molecule has 7 rings (SSSR count). The van der Waals surface area contributed by atoms with Gasteiger partial charge in [0.1, 0.15) is 0 Å². The maximum Gasteiger partial charge on any atom is 0.0547 e. The monoisotopic (exact) mass is 307 g/mol. The molecule has 5 atom stereocenters. The number of nitrogens with zero attached hydrogens (tertiary/aromatic N) is 1. The van der Waals surface area contributed by atoms with E-state index in [0.29, 0.717) is 6.04 Å². The van der Waals surface area contributed by atoms with Crippen LogP contribution in [0.15, 0.2) is 24.3 Å². The molecule has 0 unspecified atom stereocenters. The highest BCUT2D eigenvalue weighted by molar-refractivity contribution is 5.85. The van der Waals surface area contributed by atoms with Gasteiger partial charge in [-0.05, 0) is 62.1 Å². The smallest absolute Gasteiger partial charge is 0.0547 e. The molecule has 3 nitrogen and oxygen atoms in total. The summed E-state index contributed by atoms with van der Waals surface area (Å²) in [5.74, 6) is 1.71. The van der Waals surface area contributed by atoms with E-state index < -0.39 is 0 Å². The van der Waals surface area contributed by atoms with E-state index in [1.807, 2.05) is 0 Å². The van der Waals surface area contributed by atoms with Crippen LogP contribution in [0.1, 0.15) is 43.0 Å². The number of hydrogen-bond donors (Lipinski definition) is 2. The van der Waals surface area contributed by atoms with Crippen LogP contribution in [-0.4, -0.2) is 35.1 Å². The number of nitrogens with one attached hydrogen (secondary N) is 2. The summed E-state index contributed by atoms with van der Waals surface area (Å²) in [6, 6.07) is 11.1. The van der Waals surface area contributed by atoms with Crippen LogP contribution in [0.2, 0.25) is 0 Å². The van der Waals surface area contributed by atoms with Crippen molar-refractivity contribution in [2.45, 2.75) is 50.2 Å². The maximum atomic E-state index is 3.91. The minimum Gasteiger partial charge on any atom is -0.357 e. The molecule has 2 aromatic rings. The fourth-order valence-corrected chi connectivity index (χ4v) is 6.48. The summed E-state index contributed by atoms with van der Waals surface area (Å²) in [5, 5.41) is 5.38. The minimum atomic E-state index is 0.636. The lowest BCUT2D eigenvalue weighted by Crippen LogP contribution is -2.67. The SMILES string of the molecule is c1ccc2c3c([nH]c2c1)[C@H]1[C@@H]2CC[C@H]([C@H]4CCCN[C@@H]24)N1CC3. The van der Waals surface area contributed by atoms with Gasteiger partial charge in [-0.1, -0.05) is 18.2 Å². The molecule has 1 aromatic heterocycles. The molecular formula is C20H25N3. The van der Waals surface area contributed by atoms with Crippen molar-refractivity contribution in [2.75, 3.05) is 13.1 Å². The third-order valence-corrected chi connectivity index (χ3v) is 7.26. The van der Waals surface area contributed by atoms with Gasteiger partial charge in [-0.3, -0.25) is 4.90 Å². The zero-order valence-corrected chi connectivity index (χ0v) is 13.6. The third kappa shape index (κ3) is 1.62.